The molecule has 0 bridgehead atoms. The number of allylic oxidation sites excluding steroid dienone is 1. The van der Waals surface area contributed by atoms with E-state index in [2.05, 4.69) is 38.9 Å². The van der Waals surface area contributed by atoms with E-state index in [1.54, 1.807) is 6.20 Å². The summed E-state index contributed by atoms with van der Waals surface area (Å²) in [5, 5.41) is 3.49. The van der Waals surface area contributed by atoms with Gasteiger partial charge in [-0.2, -0.15) is 0 Å². The molecule has 1 aromatic heterocycles. The van der Waals surface area contributed by atoms with Gasteiger partial charge in [-0.15, -0.1) is 6.58 Å². The van der Waals surface area contributed by atoms with Gasteiger partial charge in [-0.25, -0.2) is 4.98 Å². The van der Waals surface area contributed by atoms with Crippen molar-refractivity contribution in [3.8, 4) is 5.88 Å². The molecule has 1 heterocycles. The first-order valence-corrected chi connectivity index (χ1v) is 7.20. The van der Waals surface area contributed by atoms with Crippen molar-refractivity contribution >= 4 is 15.9 Å². The van der Waals surface area contributed by atoms with Crippen LogP contribution in [-0.4, -0.2) is 17.6 Å². The molecule has 0 saturated heterocycles. The average molecular weight is 311 g/mol. The van der Waals surface area contributed by atoms with Crippen LogP contribution in [0.3, 0.4) is 0 Å². The number of aromatic nitrogens is 1. The Morgan fingerprint density at radius 2 is 2.39 bits per heavy atom. The van der Waals surface area contributed by atoms with Gasteiger partial charge in [0, 0.05) is 28.8 Å². The second-order valence-corrected chi connectivity index (χ2v) is 5.47. The predicted molar refractivity (Wildman–Crippen MR) is 76.7 cm³/mol. The third-order valence-electron chi connectivity index (χ3n) is 2.84. The van der Waals surface area contributed by atoms with Crippen LogP contribution in [0.4, 0.5) is 0 Å². The highest BCUT2D eigenvalue weighted by molar-refractivity contribution is 9.10. The van der Waals surface area contributed by atoms with E-state index in [1.165, 1.54) is 12.8 Å². The molecule has 3 nitrogen and oxygen atoms in total. The van der Waals surface area contributed by atoms with Crippen molar-refractivity contribution in [3.05, 3.63) is 35.0 Å². The molecule has 0 amide bonds. The molecule has 2 rings (SSSR count). The van der Waals surface area contributed by atoms with Crippen molar-refractivity contribution in [1.29, 1.82) is 0 Å². The van der Waals surface area contributed by atoms with E-state index in [1.807, 2.05) is 6.08 Å². The molecular formula is C14H19BrN2O. The minimum atomic E-state index is 0.692. The second kappa shape index (κ2) is 6.90. The Morgan fingerprint density at radius 3 is 3.11 bits per heavy atom. The number of hydrogen-bond acceptors (Lipinski definition) is 3. The Hall–Kier alpha value is -0.870. The van der Waals surface area contributed by atoms with Crippen molar-refractivity contribution in [2.45, 2.75) is 38.3 Å². The summed E-state index contributed by atoms with van der Waals surface area (Å²) in [5.74, 6) is 0.746. The number of unbranched alkanes of at least 4 members (excludes halogenated alkanes) is 1. The van der Waals surface area contributed by atoms with Crippen LogP contribution < -0.4 is 10.1 Å². The molecule has 1 aliphatic rings. The number of halogens is 1. The van der Waals surface area contributed by atoms with E-state index < -0.39 is 0 Å². The van der Waals surface area contributed by atoms with Gasteiger partial charge in [-0.3, -0.25) is 0 Å². The highest BCUT2D eigenvalue weighted by Gasteiger charge is 2.20. The molecule has 1 N–H and O–H groups in total. The molecule has 1 aromatic rings. The standard InChI is InChI=1S/C14H19BrN2O/c1-2-3-4-7-18-14-11(8-12(15)10-17-14)9-16-13-5-6-13/h2,8,10,13,16H,1,3-7,9H2. The Morgan fingerprint density at radius 1 is 1.56 bits per heavy atom. The molecule has 0 spiro atoms. The molecule has 0 radical (unpaired) electrons. The van der Waals surface area contributed by atoms with Crippen LogP contribution in [0.2, 0.25) is 0 Å². The van der Waals surface area contributed by atoms with Gasteiger partial charge in [0.25, 0.3) is 0 Å². The van der Waals surface area contributed by atoms with Crippen LogP contribution in [0.25, 0.3) is 0 Å². The molecule has 1 saturated carbocycles. The van der Waals surface area contributed by atoms with Crippen molar-refractivity contribution < 1.29 is 4.74 Å². The molecule has 1 aliphatic carbocycles. The Labute approximate surface area is 117 Å². The van der Waals surface area contributed by atoms with Crippen molar-refractivity contribution in [3.63, 3.8) is 0 Å². The fraction of sp³-hybridized carbons (Fsp3) is 0.500. The van der Waals surface area contributed by atoms with Crippen LogP contribution in [0, 0.1) is 0 Å². The smallest absolute Gasteiger partial charge is 0.217 e. The maximum Gasteiger partial charge on any atom is 0.217 e. The zero-order chi connectivity index (χ0) is 12.8. The number of nitrogens with one attached hydrogen (secondary N) is 1. The predicted octanol–water partition coefficient (Wildman–Crippen LogP) is 3.44. The molecule has 1 fully saturated rings. The largest absolute Gasteiger partial charge is 0.477 e. The first kappa shape index (κ1) is 13.6. The summed E-state index contributed by atoms with van der Waals surface area (Å²) < 4.78 is 6.72. The van der Waals surface area contributed by atoms with Crippen LogP contribution in [0.1, 0.15) is 31.2 Å². The second-order valence-electron chi connectivity index (χ2n) is 4.55. The molecule has 0 unspecified atom stereocenters. The zero-order valence-corrected chi connectivity index (χ0v) is 12.1. The van der Waals surface area contributed by atoms with Gasteiger partial charge in [-0.1, -0.05) is 6.08 Å². The van der Waals surface area contributed by atoms with Gasteiger partial charge in [0.2, 0.25) is 5.88 Å². The molecule has 18 heavy (non-hydrogen) atoms. The van der Waals surface area contributed by atoms with E-state index >= 15 is 0 Å². The fourth-order valence-corrected chi connectivity index (χ4v) is 2.04. The lowest BCUT2D eigenvalue weighted by Crippen LogP contribution is -2.16. The van der Waals surface area contributed by atoms with Crippen molar-refractivity contribution in [2.75, 3.05) is 6.61 Å². The first-order chi connectivity index (χ1) is 8.79. The van der Waals surface area contributed by atoms with E-state index in [4.69, 9.17) is 4.74 Å². The highest BCUT2D eigenvalue weighted by atomic mass is 79.9. The molecule has 98 valence electrons. The number of rotatable bonds is 8. The maximum atomic E-state index is 5.73. The van der Waals surface area contributed by atoms with E-state index in [0.29, 0.717) is 12.6 Å². The van der Waals surface area contributed by atoms with Gasteiger partial charge in [-0.05, 0) is 47.7 Å². The van der Waals surface area contributed by atoms with Gasteiger partial charge in [0.1, 0.15) is 0 Å². The van der Waals surface area contributed by atoms with Crippen molar-refractivity contribution in [1.82, 2.24) is 10.3 Å². The molecular weight excluding hydrogens is 292 g/mol. The average Bonchev–Trinajstić information content (AvgIpc) is 3.18. The minimum Gasteiger partial charge on any atom is -0.477 e. The van der Waals surface area contributed by atoms with Crippen LogP contribution in [0.5, 0.6) is 5.88 Å². The Kier molecular flexibility index (Phi) is 5.20. The summed E-state index contributed by atoms with van der Waals surface area (Å²) in [4.78, 5) is 4.34. The van der Waals surface area contributed by atoms with Gasteiger partial charge in [0.05, 0.1) is 6.61 Å². The van der Waals surface area contributed by atoms with Crippen molar-refractivity contribution in [2.24, 2.45) is 0 Å². The normalized spacial score (nSPS) is 14.5. The number of hydrogen-bond donors (Lipinski definition) is 1. The van der Waals surface area contributed by atoms with E-state index in [9.17, 15) is 0 Å². The maximum absolute atomic E-state index is 5.73. The van der Waals surface area contributed by atoms with Crippen LogP contribution in [0.15, 0.2) is 29.4 Å². The topological polar surface area (TPSA) is 34.1 Å². The fourth-order valence-electron chi connectivity index (χ4n) is 1.66. The molecule has 0 aliphatic heterocycles. The summed E-state index contributed by atoms with van der Waals surface area (Å²) in [6.45, 7) is 5.22. The Balaban J connectivity index is 1.90. The third kappa shape index (κ3) is 4.42. The van der Waals surface area contributed by atoms with E-state index in [-0.39, 0.29) is 0 Å². The van der Waals surface area contributed by atoms with Gasteiger partial charge >= 0.3 is 0 Å². The zero-order valence-electron chi connectivity index (χ0n) is 10.5. The lowest BCUT2D eigenvalue weighted by atomic mass is 10.2. The summed E-state index contributed by atoms with van der Waals surface area (Å²) in [5.41, 5.74) is 1.12. The lowest BCUT2D eigenvalue weighted by molar-refractivity contribution is 0.296. The lowest BCUT2D eigenvalue weighted by Gasteiger charge is -2.11. The quantitative estimate of drug-likeness (QED) is 0.590. The van der Waals surface area contributed by atoms with E-state index in [0.717, 1.165) is 35.3 Å². The Bertz CT molecular complexity index is 405. The van der Waals surface area contributed by atoms with Crippen LogP contribution >= 0.6 is 15.9 Å². The highest BCUT2D eigenvalue weighted by Crippen LogP contribution is 2.23. The summed E-state index contributed by atoms with van der Waals surface area (Å²) in [7, 11) is 0. The summed E-state index contributed by atoms with van der Waals surface area (Å²) in [6, 6.07) is 2.77. The number of ether oxygens (including phenoxy) is 1. The summed E-state index contributed by atoms with van der Waals surface area (Å²) in [6.07, 6.45) is 8.23. The first-order valence-electron chi connectivity index (χ1n) is 6.41. The molecule has 0 atom stereocenters. The summed E-state index contributed by atoms with van der Waals surface area (Å²) >= 11 is 3.45. The number of nitrogens with zero attached hydrogens (tertiary/aromatic N) is 1. The molecule has 4 heteroatoms. The molecule has 0 aromatic carbocycles. The SMILES string of the molecule is C=CCCCOc1ncc(Br)cc1CNC1CC1. The van der Waals surface area contributed by atoms with Gasteiger partial charge in [0.15, 0.2) is 0 Å². The minimum absolute atomic E-state index is 0.692. The monoisotopic (exact) mass is 310 g/mol. The number of pyridine rings is 1. The third-order valence-corrected chi connectivity index (χ3v) is 3.28. The van der Waals surface area contributed by atoms with Gasteiger partial charge < -0.3 is 10.1 Å². The van der Waals surface area contributed by atoms with Crippen LogP contribution in [-0.2, 0) is 6.54 Å².